The molecule has 0 bridgehead atoms. The van der Waals surface area contributed by atoms with Crippen molar-refractivity contribution >= 4 is 11.3 Å². The lowest BCUT2D eigenvalue weighted by atomic mass is 10.0. The van der Waals surface area contributed by atoms with Crippen LogP contribution < -0.4 is 0 Å². The van der Waals surface area contributed by atoms with Crippen LogP contribution in [0, 0.1) is 5.82 Å². The maximum absolute atomic E-state index is 14.7. The molecule has 1 aliphatic heterocycles. The molecule has 0 N–H and O–H groups in total. The summed E-state index contributed by atoms with van der Waals surface area (Å²) in [6.45, 7) is 7.46. The summed E-state index contributed by atoms with van der Waals surface area (Å²) in [7, 11) is 0. The minimum atomic E-state index is -0.292. The molecule has 1 saturated heterocycles. The van der Waals surface area contributed by atoms with E-state index in [1.807, 2.05) is 23.6 Å². The van der Waals surface area contributed by atoms with E-state index in [0.717, 1.165) is 32.7 Å². The molecule has 1 aliphatic rings. The van der Waals surface area contributed by atoms with Crippen LogP contribution in [0.25, 0.3) is 0 Å². The Labute approximate surface area is 162 Å². The predicted octanol–water partition coefficient (Wildman–Crippen LogP) is 2.65. The van der Waals surface area contributed by atoms with Crippen LogP contribution in [0.1, 0.15) is 29.2 Å². The second kappa shape index (κ2) is 8.24. The van der Waals surface area contributed by atoms with E-state index in [2.05, 4.69) is 38.3 Å². The summed E-state index contributed by atoms with van der Waals surface area (Å²) < 4.78 is 16.5. The molecule has 0 spiro atoms. The van der Waals surface area contributed by atoms with Crippen LogP contribution in [0.3, 0.4) is 0 Å². The Hall–Kier alpha value is -2.16. The Morgan fingerprint density at radius 2 is 1.93 bits per heavy atom. The molecule has 0 saturated carbocycles. The SMILES string of the molecule is CCN1CCN([C@H](c2ccccc2F)c2nnnn2Cc2cccs2)CC1. The zero-order chi connectivity index (χ0) is 18.6. The van der Waals surface area contributed by atoms with E-state index in [-0.39, 0.29) is 11.9 Å². The molecule has 0 radical (unpaired) electrons. The van der Waals surface area contributed by atoms with Crippen LogP contribution in [0.2, 0.25) is 0 Å². The van der Waals surface area contributed by atoms with Crippen molar-refractivity contribution in [2.75, 3.05) is 32.7 Å². The van der Waals surface area contributed by atoms with Crippen molar-refractivity contribution in [3.63, 3.8) is 0 Å². The summed E-state index contributed by atoms with van der Waals surface area (Å²) in [4.78, 5) is 5.87. The monoisotopic (exact) mass is 386 g/mol. The highest BCUT2D eigenvalue weighted by Crippen LogP contribution is 2.30. The molecule has 1 atom stereocenters. The maximum Gasteiger partial charge on any atom is 0.173 e. The summed E-state index contributed by atoms with van der Waals surface area (Å²) >= 11 is 1.67. The smallest absolute Gasteiger partial charge is 0.173 e. The Kier molecular flexibility index (Phi) is 5.56. The first-order valence-electron chi connectivity index (χ1n) is 9.25. The fourth-order valence-corrected chi connectivity index (χ4v) is 4.29. The highest BCUT2D eigenvalue weighted by Gasteiger charge is 2.32. The number of hydrogen-bond donors (Lipinski definition) is 0. The molecule has 4 rings (SSSR count). The molecule has 1 aromatic carbocycles. The van der Waals surface area contributed by atoms with Gasteiger partial charge in [0.05, 0.1) is 6.54 Å². The van der Waals surface area contributed by atoms with Gasteiger partial charge < -0.3 is 4.90 Å². The average molecular weight is 387 g/mol. The van der Waals surface area contributed by atoms with E-state index in [0.29, 0.717) is 17.9 Å². The molecule has 8 heteroatoms. The molecule has 0 amide bonds. The number of hydrogen-bond acceptors (Lipinski definition) is 6. The topological polar surface area (TPSA) is 50.1 Å². The molecule has 3 heterocycles. The summed E-state index contributed by atoms with van der Waals surface area (Å²) in [6.07, 6.45) is 0. The Bertz CT molecular complexity index is 857. The first-order valence-corrected chi connectivity index (χ1v) is 10.1. The Morgan fingerprint density at radius 1 is 1.11 bits per heavy atom. The Morgan fingerprint density at radius 3 is 2.63 bits per heavy atom. The molecule has 0 unspecified atom stereocenters. The fraction of sp³-hybridized carbons (Fsp3) is 0.421. The van der Waals surface area contributed by atoms with Crippen LogP contribution in [0.15, 0.2) is 41.8 Å². The first kappa shape index (κ1) is 18.2. The highest BCUT2D eigenvalue weighted by molar-refractivity contribution is 7.09. The van der Waals surface area contributed by atoms with Crippen molar-refractivity contribution in [3.8, 4) is 0 Å². The number of piperazine rings is 1. The predicted molar refractivity (Wildman–Crippen MR) is 103 cm³/mol. The van der Waals surface area contributed by atoms with Crippen molar-refractivity contribution in [3.05, 3.63) is 63.9 Å². The third-order valence-corrected chi connectivity index (χ3v) is 5.97. The standard InChI is InChI=1S/C19H23FN6S/c1-2-24-9-11-25(12-10-24)18(16-7-3-4-8-17(16)20)19-21-22-23-26(19)14-15-6-5-13-27-15/h3-8,13,18H,2,9-12,14H2,1H3/t18-/m1/s1. The van der Waals surface area contributed by atoms with Gasteiger partial charge in [-0.2, -0.15) is 0 Å². The summed E-state index contributed by atoms with van der Waals surface area (Å²) in [5.74, 6) is 0.476. The lowest BCUT2D eigenvalue weighted by molar-refractivity contribution is 0.107. The second-order valence-corrected chi connectivity index (χ2v) is 7.70. The van der Waals surface area contributed by atoms with Gasteiger partial charge in [-0.3, -0.25) is 4.90 Å². The summed E-state index contributed by atoms with van der Waals surface area (Å²) in [6, 6.07) is 10.7. The van der Waals surface area contributed by atoms with Gasteiger partial charge in [-0.05, 0) is 34.5 Å². The van der Waals surface area contributed by atoms with Crippen molar-refractivity contribution in [2.24, 2.45) is 0 Å². The van der Waals surface area contributed by atoms with Gasteiger partial charge in [-0.1, -0.05) is 31.2 Å². The van der Waals surface area contributed by atoms with Gasteiger partial charge in [0, 0.05) is 36.6 Å². The van der Waals surface area contributed by atoms with E-state index in [1.54, 1.807) is 22.1 Å². The highest BCUT2D eigenvalue weighted by atomic mass is 32.1. The second-order valence-electron chi connectivity index (χ2n) is 6.67. The molecule has 27 heavy (non-hydrogen) atoms. The van der Waals surface area contributed by atoms with E-state index in [1.165, 1.54) is 10.9 Å². The number of thiophene rings is 1. The van der Waals surface area contributed by atoms with Crippen LogP contribution >= 0.6 is 11.3 Å². The molecule has 1 fully saturated rings. The first-order chi connectivity index (χ1) is 13.3. The van der Waals surface area contributed by atoms with Crippen LogP contribution in [0.4, 0.5) is 4.39 Å². The van der Waals surface area contributed by atoms with Gasteiger partial charge >= 0.3 is 0 Å². The number of benzene rings is 1. The van der Waals surface area contributed by atoms with Gasteiger partial charge in [0.15, 0.2) is 5.82 Å². The zero-order valence-electron chi connectivity index (χ0n) is 15.3. The van der Waals surface area contributed by atoms with Gasteiger partial charge in [-0.25, -0.2) is 9.07 Å². The average Bonchev–Trinajstić information content (AvgIpc) is 3.37. The molecule has 142 valence electrons. The van der Waals surface area contributed by atoms with E-state index in [9.17, 15) is 4.39 Å². The van der Waals surface area contributed by atoms with E-state index in [4.69, 9.17) is 0 Å². The number of halogens is 1. The number of nitrogens with zero attached hydrogens (tertiary/aromatic N) is 6. The fourth-order valence-electron chi connectivity index (χ4n) is 3.60. The lowest BCUT2D eigenvalue weighted by Crippen LogP contribution is -2.48. The van der Waals surface area contributed by atoms with E-state index >= 15 is 0 Å². The molecule has 2 aromatic heterocycles. The number of tetrazole rings is 1. The molecule has 3 aromatic rings. The van der Waals surface area contributed by atoms with Crippen molar-refractivity contribution in [2.45, 2.75) is 19.5 Å². The molecular weight excluding hydrogens is 363 g/mol. The van der Waals surface area contributed by atoms with Crippen LogP contribution in [-0.2, 0) is 6.54 Å². The van der Waals surface area contributed by atoms with E-state index < -0.39 is 0 Å². The minimum Gasteiger partial charge on any atom is -0.301 e. The molecule has 6 nitrogen and oxygen atoms in total. The summed E-state index contributed by atoms with van der Waals surface area (Å²) in [5, 5.41) is 14.5. The van der Waals surface area contributed by atoms with Gasteiger partial charge in [0.1, 0.15) is 11.9 Å². The van der Waals surface area contributed by atoms with Crippen molar-refractivity contribution < 1.29 is 4.39 Å². The van der Waals surface area contributed by atoms with Crippen molar-refractivity contribution in [1.29, 1.82) is 0 Å². The van der Waals surface area contributed by atoms with Gasteiger partial charge in [0.25, 0.3) is 0 Å². The summed E-state index contributed by atoms with van der Waals surface area (Å²) in [5.41, 5.74) is 0.629. The van der Waals surface area contributed by atoms with Crippen LogP contribution in [0.5, 0.6) is 0 Å². The third-order valence-electron chi connectivity index (χ3n) is 5.11. The number of aromatic nitrogens is 4. The van der Waals surface area contributed by atoms with Crippen LogP contribution in [-0.4, -0.2) is 62.7 Å². The minimum absolute atomic E-state index is 0.217. The zero-order valence-corrected chi connectivity index (χ0v) is 16.1. The largest absolute Gasteiger partial charge is 0.301 e. The lowest BCUT2D eigenvalue weighted by Gasteiger charge is -2.38. The van der Waals surface area contributed by atoms with Gasteiger partial charge in [0.2, 0.25) is 0 Å². The Balaban J connectivity index is 1.69. The normalized spacial score (nSPS) is 17.3. The molecule has 0 aliphatic carbocycles. The third kappa shape index (κ3) is 3.92. The van der Waals surface area contributed by atoms with Crippen molar-refractivity contribution in [1.82, 2.24) is 30.0 Å². The molecular formula is C19H23FN6S. The number of likely N-dealkylation sites (N-methyl/N-ethyl adjacent to an activating group) is 1. The maximum atomic E-state index is 14.7. The number of rotatable bonds is 6. The van der Waals surface area contributed by atoms with Gasteiger partial charge in [-0.15, -0.1) is 16.4 Å². The quantitative estimate of drug-likeness (QED) is 0.652.